The second-order valence-corrected chi connectivity index (χ2v) is 6.33. The Bertz CT molecular complexity index is 881. The fourth-order valence-corrected chi connectivity index (χ4v) is 3.48. The molecule has 28 heavy (non-hydrogen) atoms. The predicted octanol–water partition coefficient (Wildman–Crippen LogP) is 2.63. The summed E-state index contributed by atoms with van der Waals surface area (Å²) in [6.07, 6.45) is 0. The monoisotopic (exact) mass is 454 g/mol. The van der Waals surface area contributed by atoms with Gasteiger partial charge in [-0.15, -0.1) is 0 Å². The molecule has 2 aromatic rings. The number of aromatic nitrogens is 1. The molecule has 152 valence electrons. The minimum atomic E-state index is -0.510. The Morgan fingerprint density at radius 1 is 1.21 bits per heavy atom. The average molecular weight is 455 g/mol. The minimum absolute atomic E-state index is 0.181. The van der Waals surface area contributed by atoms with Gasteiger partial charge in [-0.05, 0) is 35.0 Å². The molecule has 1 aromatic carbocycles. The second kappa shape index (κ2) is 9.36. The number of carbonyl (C=O) groups is 1. The Balaban J connectivity index is 2.72. The van der Waals surface area contributed by atoms with Crippen molar-refractivity contribution in [2.75, 3.05) is 27.9 Å². The first kappa shape index (κ1) is 21.4. The van der Waals surface area contributed by atoms with Crippen LogP contribution >= 0.6 is 15.9 Å². The SMILES string of the molecule is CCOC(=O)c1[nH]c(CNC(=N)N)c(-c2ccc(OC)c(OC)c2OC)c1Br. The summed E-state index contributed by atoms with van der Waals surface area (Å²) in [6.45, 7) is 2.14. The molecule has 0 aliphatic heterocycles. The van der Waals surface area contributed by atoms with Crippen molar-refractivity contribution in [3.63, 3.8) is 0 Å². The van der Waals surface area contributed by atoms with Gasteiger partial charge in [0.2, 0.25) is 5.75 Å². The van der Waals surface area contributed by atoms with E-state index in [1.54, 1.807) is 19.1 Å². The first-order chi connectivity index (χ1) is 13.4. The summed E-state index contributed by atoms with van der Waals surface area (Å²) in [5.74, 6) is 0.640. The molecule has 0 fully saturated rings. The van der Waals surface area contributed by atoms with Crippen molar-refractivity contribution in [1.82, 2.24) is 10.3 Å². The van der Waals surface area contributed by atoms with Crippen LogP contribution in [0, 0.1) is 5.41 Å². The Hall–Kier alpha value is -2.88. The fourth-order valence-electron chi connectivity index (χ4n) is 2.76. The summed E-state index contributed by atoms with van der Waals surface area (Å²) in [7, 11) is 4.56. The zero-order valence-corrected chi connectivity index (χ0v) is 17.7. The lowest BCUT2D eigenvalue weighted by molar-refractivity contribution is 0.0519. The van der Waals surface area contributed by atoms with Gasteiger partial charge in [-0.25, -0.2) is 4.79 Å². The zero-order chi connectivity index (χ0) is 20.8. The van der Waals surface area contributed by atoms with E-state index < -0.39 is 5.97 Å². The van der Waals surface area contributed by atoms with E-state index in [2.05, 4.69) is 26.2 Å². The molecule has 0 unspecified atom stereocenters. The van der Waals surface area contributed by atoms with E-state index in [1.165, 1.54) is 21.3 Å². The van der Waals surface area contributed by atoms with Crippen molar-refractivity contribution in [2.45, 2.75) is 13.5 Å². The van der Waals surface area contributed by atoms with Gasteiger partial charge >= 0.3 is 5.97 Å². The predicted molar refractivity (Wildman–Crippen MR) is 108 cm³/mol. The number of nitrogens with one attached hydrogen (secondary N) is 3. The van der Waals surface area contributed by atoms with Crippen molar-refractivity contribution in [1.29, 1.82) is 5.41 Å². The number of hydrogen-bond acceptors (Lipinski definition) is 6. The normalized spacial score (nSPS) is 10.3. The summed E-state index contributed by atoms with van der Waals surface area (Å²) in [6, 6.07) is 3.53. The summed E-state index contributed by atoms with van der Waals surface area (Å²) in [5.41, 5.74) is 7.57. The number of methoxy groups -OCH3 is 3. The molecule has 0 bridgehead atoms. The number of hydrogen-bond donors (Lipinski definition) is 4. The lowest BCUT2D eigenvalue weighted by atomic mass is 10.0. The summed E-state index contributed by atoms with van der Waals surface area (Å²) >= 11 is 3.49. The molecule has 0 amide bonds. The van der Waals surface area contributed by atoms with Gasteiger partial charge in [0.05, 0.1) is 39.0 Å². The van der Waals surface area contributed by atoms with Gasteiger partial charge in [0, 0.05) is 16.8 Å². The third kappa shape index (κ3) is 4.16. The molecule has 10 heteroatoms. The van der Waals surface area contributed by atoms with Crippen LogP contribution in [0.2, 0.25) is 0 Å². The first-order valence-corrected chi connectivity index (χ1v) is 9.13. The number of guanidine groups is 1. The van der Waals surface area contributed by atoms with E-state index in [1.807, 2.05) is 0 Å². The van der Waals surface area contributed by atoms with Gasteiger partial charge in [-0.1, -0.05) is 0 Å². The highest BCUT2D eigenvalue weighted by molar-refractivity contribution is 9.10. The van der Waals surface area contributed by atoms with Crippen LogP contribution in [-0.4, -0.2) is 44.8 Å². The molecule has 2 rings (SSSR count). The van der Waals surface area contributed by atoms with Gasteiger partial charge in [0.1, 0.15) is 5.69 Å². The number of H-pyrrole nitrogens is 1. The molecule has 0 saturated heterocycles. The maximum Gasteiger partial charge on any atom is 0.355 e. The molecule has 0 aliphatic carbocycles. The second-order valence-electron chi connectivity index (χ2n) is 5.54. The Morgan fingerprint density at radius 2 is 1.89 bits per heavy atom. The highest BCUT2D eigenvalue weighted by Crippen LogP contribution is 2.47. The number of aromatic amines is 1. The standard InChI is InChI=1S/C18H23BrN4O5/c1-5-28-17(24)14-13(19)12(10(23-14)8-22-18(20)21)9-6-7-11(25-2)16(27-4)15(9)26-3/h6-7,23H,5,8H2,1-4H3,(H4,20,21,22). The maximum atomic E-state index is 12.3. The summed E-state index contributed by atoms with van der Waals surface area (Å²) in [5, 5.41) is 10.1. The lowest BCUT2D eigenvalue weighted by Gasteiger charge is -2.16. The Morgan fingerprint density at radius 3 is 2.43 bits per heavy atom. The van der Waals surface area contributed by atoms with Crippen LogP contribution < -0.4 is 25.3 Å². The van der Waals surface area contributed by atoms with E-state index in [4.69, 9.17) is 30.1 Å². The number of halogens is 1. The van der Waals surface area contributed by atoms with E-state index in [-0.39, 0.29) is 24.8 Å². The Kier molecular flexibility index (Phi) is 7.16. The van der Waals surface area contributed by atoms with E-state index in [9.17, 15) is 4.79 Å². The number of nitrogens with two attached hydrogens (primary N) is 1. The highest BCUT2D eigenvalue weighted by Gasteiger charge is 2.27. The number of benzene rings is 1. The topological polar surface area (TPSA) is 132 Å². The molecule has 0 spiro atoms. The van der Waals surface area contributed by atoms with Crippen LogP contribution in [0.15, 0.2) is 16.6 Å². The molecule has 0 aliphatic rings. The molecule has 1 aromatic heterocycles. The average Bonchev–Trinajstić information content (AvgIpc) is 3.01. The van der Waals surface area contributed by atoms with Crippen LogP contribution in [0.3, 0.4) is 0 Å². The number of esters is 1. The molecule has 0 radical (unpaired) electrons. The van der Waals surface area contributed by atoms with Crippen LogP contribution in [-0.2, 0) is 11.3 Å². The van der Waals surface area contributed by atoms with E-state index in [0.29, 0.717) is 38.5 Å². The fraction of sp³-hybridized carbons (Fsp3) is 0.333. The van der Waals surface area contributed by atoms with Crippen LogP contribution in [0.25, 0.3) is 11.1 Å². The van der Waals surface area contributed by atoms with Crippen molar-refractivity contribution in [2.24, 2.45) is 5.73 Å². The van der Waals surface area contributed by atoms with E-state index in [0.717, 1.165) is 0 Å². The van der Waals surface area contributed by atoms with Gasteiger partial charge in [0.15, 0.2) is 17.5 Å². The van der Waals surface area contributed by atoms with Crippen molar-refractivity contribution in [3.8, 4) is 28.4 Å². The van der Waals surface area contributed by atoms with Crippen LogP contribution in [0.4, 0.5) is 0 Å². The number of ether oxygens (including phenoxy) is 4. The summed E-state index contributed by atoms with van der Waals surface area (Å²) < 4.78 is 22.0. The molecule has 0 saturated carbocycles. The Labute approximate surface area is 171 Å². The first-order valence-electron chi connectivity index (χ1n) is 8.34. The number of rotatable bonds is 8. The van der Waals surface area contributed by atoms with E-state index >= 15 is 0 Å². The van der Waals surface area contributed by atoms with Gasteiger partial charge < -0.3 is 35.0 Å². The summed E-state index contributed by atoms with van der Waals surface area (Å²) in [4.78, 5) is 15.4. The molecular weight excluding hydrogens is 432 g/mol. The number of carbonyl (C=O) groups excluding carboxylic acids is 1. The van der Waals surface area contributed by atoms with Crippen molar-refractivity contribution in [3.05, 3.63) is 28.0 Å². The molecule has 5 N–H and O–H groups in total. The quantitative estimate of drug-likeness (QED) is 0.273. The largest absolute Gasteiger partial charge is 0.493 e. The van der Waals surface area contributed by atoms with Crippen LogP contribution in [0.5, 0.6) is 17.2 Å². The van der Waals surface area contributed by atoms with Crippen LogP contribution in [0.1, 0.15) is 23.1 Å². The molecule has 1 heterocycles. The smallest absolute Gasteiger partial charge is 0.355 e. The van der Waals surface area contributed by atoms with Crippen molar-refractivity contribution >= 4 is 27.9 Å². The zero-order valence-electron chi connectivity index (χ0n) is 16.1. The third-order valence-electron chi connectivity index (χ3n) is 3.93. The van der Waals surface area contributed by atoms with Gasteiger partial charge in [0.25, 0.3) is 0 Å². The molecule has 9 nitrogen and oxygen atoms in total. The lowest BCUT2D eigenvalue weighted by Crippen LogP contribution is -2.29. The van der Waals surface area contributed by atoms with Gasteiger partial charge in [-0.3, -0.25) is 5.41 Å². The van der Waals surface area contributed by atoms with Crippen molar-refractivity contribution < 1.29 is 23.7 Å². The molecular formula is C18H23BrN4O5. The minimum Gasteiger partial charge on any atom is -0.493 e. The highest BCUT2D eigenvalue weighted by atomic mass is 79.9. The van der Waals surface area contributed by atoms with Gasteiger partial charge in [-0.2, -0.15) is 0 Å². The maximum absolute atomic E-state index is 12.3. The third-order valence-corrected chi connectivity index (χ3v) is 4.72. The molecule has 0 atom stereocenters.